The summed E-state index contributed by atoms with van der Waals surface area (Å²) < 4.78 is 0. The number of aliphatic carboxylic acids is 1. The summed E-state index contributed by atoms with van der Waals surface area (Å²) >= 11 is 6.00. The van der Waals surface area contributed by atoms with Crippen molar-refractivity contribution in [3.8, 4) is 0 Å². The van der Waals surface area contributed by atoms with Gasteiger partial charge in [-0.3, -0.25) is 9.59 Å². The first-order valence-corrected chi connectivity index (χ1v) is 9.04. The molecule has 1 saturated heterocycles. The fourth-order valence-electron chi connectivity index (χ4n) is 4.26. The Labute approximate surface area is 147 Å². The second kappa shape index (κ2) is 6.40. The Bertz CT molecular complexity index is 637. The van der Waals surface area contributed by atoms with E-state index in [0.29, 0.717) is 24.5 Å². The number of hydrogen-bond acceptors (Lipinski definition) is 2. The third kappa shape index (κ3) is 2.92. The van der Waals surface area contributed by atoms with E-state index >= 15 is 0 Å². The van der Waals surface area contributed by atoms with Crippen molar-refractivity contribution in [3.63, 3.8) is 0 Å². The molecule has 1 N–H and O–H groups in total. The maximum atomic E-state index is 13.4. The number of halogens is 1. The fraction of sp³-hybridized carbons (Fsp3) is 0.579. The Morgan fingerprint density at radius 1 is 1.08 bits per heavy atom. The van der Waals surface area contributed by atoms with Crippen molar-refractivity contribution in [2.75, 3.05) is 13.1 Å². The van der Waals surface area contributed by atoms with Gasteiger partial charge in [0, 0.05) is 18.1 Å². The van der Waals surface area contributed by atoms with Gasteiger partial charge < -0.3 is 10.0 Å². The van der Waals surface area contributed by atoms with Gasteiger partial charge in [-0.05, 0) is 50.3 Å². The number of carbonyl (C=O) groups excluding carboxylic acids is 1. The van der Waals surface area contributed by atoms with Crippen molar-refractivity contribution >= 4 is 23.5 Å². The molecule has 1 atom stereocenters. The van der Waals surface area contributed by atoms with E-state index in [-0.39, 0.29) is 5.91 Å². The summed E-state index contributed by atoms with van der Waals surface area (Å²) in [4.78, 5) is 26.8. The van der Waals surface area contributed by atoms with Gasteiger partial charge in [-0.2, -0.15) is 0 Å². The van der Waals surface area contributed by atoms with Crippen molar-refractivity contribution < 1.29 is 14.7 Å². The Morgan fingerprint density at radius 3 is 2.29 bits per heavy atom. The van der Waals surface area contributed by atoms with Crippen LogP contribution in [-0.2, 0) is 15.0 Å². The number of carbonyl (C=O) groups is 2. The van der Waals surface area contributed by atoms with E-state index in [1.54, 1.807) is 11.8 Å². The Kier molecular flexibility index (Phi) is 4.60. The maximum absolute atomic E-state index is 13.4. The first-order valence-electron chi connectivity index (χ1n) is 8.66. The van der Waals surface area contributed by atoms with Gasteiger partial charge in [-0.15, -0.1) is 0 Å². The van der Waals surface area contributed by atoms with Crippen molar-refractivity contribution in [3.05, 3.63) is 34.9 Å². The molecule has 1 amide bonds. The minimum Gasteiger partial charge on any atom is -0.481 e. The molecule has 24 heavy (non-hydrogen) atoms. The summed E-state index contributed by atoms with van der Waals surface area (Å²) in [6.45, 7) is 2.70. The van der Waals surface area contributed by atoms with Crippen LogP contribution in [0.1, 0.15) is 51.0 Å². The highest BCUT2D eigenvalue weighted by Gasteiger charge is 2.48. The van der Waals surface area contributed by atoms with E-state index in [4.69, 9.17) is 11.6 Å². The molecule has 0 bridgehead atoms. The molecule has 1 saturated carbocycles. The lowest BCUT2D eigenvalue weighted by atomic mass is 9.75. The molecule has 2 fully saturated rings. The lowest BCUT2D eigenvalue weighted by Crippen LogP contribution is -2.53. The van der Waals surface area contributed by atoms with Gasteiger partial charge in [0.1, 0.15) is 0 Å². The Balaban J connectivity index is 1.90. The summed E-state index contributed by atoms with van der Waals surface area (Å²) in [5, 5.41) is 10.2. The zero-order valence-electron chi connectivity index (χ0n) is 14.1. The van der Waals surface area contributed by atoms with Crippen molar-refractivity contribution in [1.82, 2.24) is 4.90 Å². The fourth-order valence-corrected chi connectivity index (χ4v) is 4.39. The minimum absolute atomic E-state index is 0.0921. The van der Waals surface area contributed by atoms with E-state index < -0.39 is 16.8 Å². The largest absolute Gasteiger partial charge is 0.481 e. The number of carboxylic acids is 1. The number of rotatable bonds is 3. The number of amides is 1. The predicted molar refractivity (Wildman–Crippen MR) is 93.2 cm³/mol. The molecule has 1 aromatic carbocycles. The topological polar surface area (TPSA) is 57.6 Å². The zero-order chi connectivity index (χ0) is 17.4. The average Bonchev–Trinajstić information content (AvgIpc) is 3.05. The summed E-state index contributed by atoms with van der Waals surface area (Å²) in [6.07, 6.45) is 5.07. The molecule has 5 heteroatoms. The number of hydrogen-bond donors (Lipinski definition) is 1. The highest BCUT2D eigenvalue weighted by Crippen LogP contribution is 2.44. The smallest absolute Gasteiger partial charge is 0.311 e. The third-order valence-electron chi connectivity index (χ3n) is 5.76. The molecule has 1 heterocycles. The lowest BCUT2D eigenvalue weighted by Gasteiger charge is -2.42. The van der Waals surface area contributed by atoms with Crippen molar-refractivity contribution in [1.29, 1.82) is 0 Å². The number of piperidine rings is 1. The van der Waals surface area contributed by atoms with E-state index in [0.717, 1.165) is 37.7 Å². The summed E-state index contributed by atoms with van der Waals surface area (Å²) in [7, 11) is 0. The van der Waals surface area contributed by atoms with E-state index in [1.807, 2.05) is 24.3 Å². The predicted octanol–water partition coefficient (Wildman–Crippen LogP) is 3.87. The minimum atomic E-state index is -0.840. The molecule has 1 unspecified atom stereocenters. The van der Waals surface area contributed by atoms with Gasteiger partial charge in [-0.1, -0.05) is 36.6 Å². The van der Waals surface area contributed by atoms with Gasteiger partial charge >= 0.3 is 5.97 Å². The van der Waals surface area contributed by atoms with E-state index in [1.165, 1.54) is 0 Å². The molecule has 0 spiro atoms. The van der Waals surface area contributed by atoms with E-state index in [2.05, 4.69) is 0 Å². The van der Waals surface area contributed by atoms with Gasteiger partial charge in [-0.25, -0.2) is 0 Å². The van der Waals surface area contributed by atoms with Crippen LogP contribution in [0.5, 0.6) is 0 Å². The SMILES string of the molecule is CC1(C(=O)O)CCCN(C(=O)C2(c3ccc(Cl)cc3)CCCC2)C1. The normalized spacial score (nSPS) is 26.3. The highest BCUT2D eigenvalue weighted by atomic mass is 35.5. The number of nitrogens with zero attached hydrogens (tertiary/aromatic N) is 1. The van der Waals surface area contributed by atoms with Gasteiger partial charge in [0.15, 0.2) is 0 Å². The Morgan fingerprint density at radius 2 is 1.71 bits per heavy atom. The van der Waals surface area contributed by atoms with Crippen LogP contribution in [-0.4, -0.2) is 35.0 Å². The molecular weight excluding hydrogens is 326 g/mol. The monoisotopic (exact) mass is 349 g/mol. The van der Waals surface area contributed by atoms with Crippen LogP contribution < -0.4 is 0 Å². The summed E-state index contributed by atoms with van der Waals surface area (Å²) in [5.41, 5.74) is -0.341. The molecule has 1 aliphatic heterocycles. The molecule has 3 rings (SSSR count). The summed E-state index contributed by atoms with van der Waals surface area (Å²) in [6, 6.07) is 7.57. The van der Waals surface area contributed by atoms with Crippen molar-refractivity contribution in [2.24, 2.45) is 5.41 Å². The number of likely N-dealkylation sites (tertiary alicyclic amines) is 1. The summed E-state index contributed by atoms with van der Waals surface area (Å²) in [5.74, 6) is -0.721. The van der Waals surface area contributed by atoms with Crippen molar-refractivity contribution in [2.45, 2.75) is 50.9 Å². The third-order valence-corrected chi connectivity index (χ3v) is 6.02. The molecule has 0 radical (unpaired) electrons. The second-order valence-electron chi connectivity index (χ2n) is 7.49. The molecule has 2 aliphatic rings. The van der Waals surface area contributed by atoms with Crippen LogP contribution in [0.3, 0.4) is 0 Å². The highest BCUT2D eigenvalue weighted by molar-refractivity contribution is 6.30. The van der Waals surface area contributed by atoms with Crippen LogP contribution >= 0.6 is 11.6 Å². The van der Waals surface area contributed by atoms with E-state index in [9.17, 15) is 14.7 Å². The quantitative estimate of drug-likeness (QED) is 0.901. The Hall–Kier alpha value is -1.55. The van der Waals surface area contributed by atoms with Crippen LogP contribution in [0.2, 0.25) is 5.02 Å². The standard InChI is InChI=1S/C19H24ClNO3/c1-18(17(23)24)9-4-12-21(13-18)16(22)19(10-2-3-11-19)14-5-7-15(20)8-6-14/h5-8H,2-4,9-13H2,1H3,(H,23,24). The molecule has 0 aromatic heterocycles. The lowest BCUT2D eigenvalue weighted by molar-refractivity contribution is -0.155. The number of benzene rings is 1. The second-order valence-corrected chi connectivity index (χ2v) is 7.93. The molecule has 1 aromatic rings. The first-order chi connectivity index (χ1) is 11.4. The molecule has 4 nitrogen and oxygen atoms in total. The van der Waals surface area contributed by atoms with Crippen LogP contribution in [0.15, 0.2) is 24.3 Å². The van der Waals surface area contributed by atoms with Gasteiger partial charge in [0.2, 0.25) is 5.91 Å². The van der Waals surface area contributed by atoms with Crippen LogP contribution in [0.4, 0.5) is 0 Å². The zero-order valence-corrected chi connectivity index (χ0v) is 14.8. The molecule has 1 aliphatic carbocycles. The van der Waals surface area contributed by atoms with Gasteiger partial charge in [0.05, 0.1) is 10.8 Å². The molecular formula is C19H24ClNO3. The maximum Gasteiger partial charge on any atom is 0.311 e. The van der Waals surface area contributed by atoms with Gasteiger partial charge in [0.25, 0.3) is 0 Å². The number of carboxylic acid groups (broad SMARTS) is 1. The molecule has 130 valence electrons. The first kappa shape index (κ1) is 17.3. The average molecular weight is 350 g/mol. The van der Waals surface area contributed by atoms with Crippen LogP contribution in [0.25, 0.3) is 0 Å². The van der Waals surface area contributed by atoms with Crippen LogP contribution in [0, 0.1) is 5.41 Å².